The van der Waals surface area contributed by atoms with Crippen molar-refractivity contribution >= 4 is 23.0 Å². The summed E-state index contributed by atoms with van der Waals surface area (Å²) in [6, 6.07) is 13.3. The molecule has 0 bridgehead atoms. The van der Waals surface area contributed by atoms with Crippen LogP contribution in [0.5, 0.6) is 5.75 Å². The fourth-order valence-electron chi connectivity index (χ4n) is 2.74. The van der Waals surface area contributed by atoms with Gasteiger partial charge in [-0.2, -0.15) is 0 Å². The van der Waals surface area contributed by atoms with Gasteiger partial charge < -0.3 is 19.0 Å². The average Bonchev–Trinajstić information content (AvgIpc) is 3.13. The zero-order valence-electron chi connectivity index (χ0n) is 17.0. The van der Waals surface area contributed by atoms with Gasteiger partial charge in [-0.1, -0.05) is 24.3 Å². The van der Waals surface area contributed by atoms with Crippen LogP contribution in [0.15, 0.2) is 52.9 Å². The molecule has 1 unspecified atom stereocenters. The highest BCUT2D eigenvalue weighted by molar-refractivity contribution is 5.79. The molecule has 8 heteroatoms. The van der Waals surface area contributed by atoms with Crippen molar-refractivity contribution in [3.8, 4) is 5.75 Å². The highest BCUT2D eigenvalue weighted by Crippen LogP contribution is 2.23. The number of para-hydroxylation sites is 2. The Bertz CT molecular complexity index is 993. The Morgan fingerprint density at radius 3 is 2.50 bits per heavy atom. The number of esters is 1. The molecule has 3 aromatic rings. The minimum atomic E-state index is -1.33. The van der Waals surface area contributed by atoms with Gasteiger partial charge in [-0.05, 0) is 50.6 Å². The Labute approximate surface area is 173 Å². The van der Waals surface area contributed by atoms with E-state index in [2.05, 4.69) is 10.3 Å². The fraction of sp³-hybridized carbons (Fsp3) is 0.318. The second-order valence-corrected chi connectivity index (χ2v) is 7.15. The smallest absolute Gasteiger partial charge is 0.347 e. The highest BCUT2D eigenvalue weighted by Gasteiger charge is 2.29. The summed E-state index contributed by atoms with van der Waals surface area (Å²) >= 11 is 0. The quantitative estimate of drug-likeness (QED) is 0.514. The van der Waals surface area contributed by atoms with Crippen molar-refractivity contribution in [1.82, 2.24) is 10.3 Å². The predicted octanol–water partition coefficient (Wildman–Crippen LogP) is 3.46. The zero-order valence-corrected chi connectivity index (χ0v) is 17.0. The van der Waals surface area contributed by atoms with E-state index in [0.717, 1.165) is 5.56 Å². The maximum Gasteiger partial charge on any atom is 0.347 e. The molecule has 0 aliphatic carbocycles. The zero-order chi connectivity index (χ0) is 21.7. The third kappa shape index (κ3) is 4.96. The summed E-state index contributed by atoms with van der Waals surface area (Å²) in [7, 11) is 0. The molecule has 0 amide bonds. The summed E-state index contributed by atoms with van der Waals surface area (Å²) < 4.78 is 16.4. The van der Waals surface area contributed by atoms with Crippen LogP contribution < -0.4 is 10.1 Å². The number of oxazole rings is 1. The number of hydrogen-bond acceptors (Lipinski definition) is 7. The van der Waals surface area contributed by atoms with Crippen molar-refractivity contribution < 1.29 is 28.6 Å². The van der Waals surface area contributed by atoms with Gasteiger partial charge >= 0.3 is 11.9 Å². The third-order valence-corrected chi connectivity index (χ3v) is 4.40. The molecule has 0 saturated heterocycles. The monoisotopic (exact) mass is 412 g/mol. The van der Waals surface area contributed by atoms with Gasteiger partial charge in [0.2, 0.25) is 5.89 Å². The highest BCUT2D eigenvalue weighted by atomic mass is 16.5. The molecule has 30 heavy (non-hydrogen) atoms. The van der Waals surface area contributed by atoms with Gasteiger partial charge in [-0.3, -0.25) is 5.32 Å². The van der Waals surface area contributed by atoms with E-state index >= 15 is 0 Å². The Balaban J connectivity index is 1.72. The Kier molecular flexibility index (Phi) is 6.37. The van der Waals surface area contributed by atoms with Crippen molar-refractivity contribution in [3.05, 3.63) is 60.0 Å². The standard InChI is InChI=1S/C22H24N2O6/c1-4-28-20(25)18(19-24-16-7-5-6-8-17(16)29-19)23-13-14-9-11-15(12-10-14)30-22(2,3)21(26)27/h5-12,18,23H,4,13H2,1-3H3,(H,26,27). The minimum absolute atomic E-state index is 0.234. The molecule has 2 N–H and O–H groups in total. The third-order valence-electron chi connectivity index (χ3n) is 4.40. The predicted molar refractivity (Wildman–Crippen MR) is 109 cm³/mol. The summed E-state index contributed by atoms with van der Waals surface area (Å²) in [6.45, 7) is 5.27. The summed E-state index contributed by atoms with van der Waals surface area (Å²) in [5, 5.41) is 12.3. The van der Waals surface area contributed by atoms with Crippen LogP contribution in [0.4, 0.5) is 0 Å². The Hall–Kier alpha value is -3.39. The number of aliphatic carboxylic acids is 1. The molecule has 158 valence electrons. The van der Waals surface area contributed by atoms with E-state index in [1.54, 1.807) is 37.3 Å². The van der Waals surface area contributed by atoms with Crippen LogP contribution in [-0.4, -0.2) is 34.2 Å². The molecule has 1 atom stereocenters. The number of carboxylic acids is 1. The molecular formula is C22H24N2O6. The van der Waals surface area contributed by atoms with Crippen molar-refractivity contribution in [2.75, 3.05) is 6.61 Å². The maximum atomic E-state index is 12.5. The Morgan fingerprint density at radius 1 is 1.17 bits per heavy atom. The van der Waals surface area contributed by atoms with E-state index < -0.39 is 23.6 Å². The number of nitrogens with zero attached hydrogens (tertiary/aromatic N) is 1. The second-order valence-electron chi connectivity index (χ2n) is 7.15. The van der Waals surface area contributed by atoms with Crippen molar-refractivity contribution in [2.24, 2.45) is 0 Å². The first kappa shape index (κ1) is 21.3. The molecule has 0 aliphatic rings. The number of benzene rings is 2. The van der Waals surface area contributed by atoms with Crippen LogP contribution in [0, 0.1) is 0 Å². The van der Waals surface area contributed by atoms with Crippen LogP contribution in [0.25, 0.3) is 11.1 Å². The molecule has 3 rings (SSSR count). The van der Waals surface area contributed by atoms with E-state index in [4.69, 9.17) is 19.0 Å². The summed E-state index contributed by atoms with van der Waals surface area (Å²) in [5.74, 6) is -0.860. The fourth-order valence-corrected chi connectivity index (χ4v) is 2.74. The summed E-state index contributed by atoms with van der Waals surface area (Å²) in [4.78, 5) is 28.0. The number of carboxylic acid groups (broad SMARTS) is 1. The number of fused-ring (bicyclic) bond motifs is 1. The molecule has 0 aliphatic heterocycles. The van der Waals surface area contributed by atoms with E-state index in [0.29, 0.717) is 23.4 Å². The van der Waals surface area contributed by atoms with Crippen LogP contribution >= 0.6 is 0 Å². The number of carbonyl (C=O) groups is 2. The lowest BCUT2D eigenvalue weighted by molar-refractivity contribution is -0.152. The number of nitrogens with one attached hydrogen (secondary N) is 1. The second kappa shape index (κ2) is 8.96. The van der Waals surface area contributed by atoms with Crippen LogP contribution in [0.2, 0.25) is 0 Å². The molecule has 1 heterocycles. The molecule has 0 spiro atoms. The number of carbonyl (C=O) groups excluding carboxylic acids is 1. The van der Waals surface area contributed by atoms with Gasteiger partial charge in [0.25, 0.3) is 0 Å². The van der Waals surface area contributed by atoms with Gasteiger partial charge in [-0.15, -0.1) is 0 Å². The lowest BCUT2D eigenvalue weighted by Crippen LogP contribution is -2.37. The lowest BCUT2D eigenvalue weighted by Gasteiger charge is -2.21. The number of aromatic nitrogens is 1. The topological polar surface area (TPSA) is 111 Å². The van der Waals surface area contributed by atoms with Gasteiger partial charge in [0.1, 0.15) is 11.3 Å². The average molecular weight is 412 g/mol. The lowest BCUT2D eigenvalue weighted by atomic mass is 10.1. The van der Waals surface area contributed by atoms with Gasteiger partial charge in [0.05, 0.1) is 6.61 Å². The van der Waals surface area contributed by atoms with Gasteiger partial charge in [-0.25, -0.2) is 14.6 Å². The first-order chi connectivity index (χ1) is 14.3. The molecule has 1 aromatic heterocycles. The SMILES string of the molecule is CCOC(=O)C(NCc1ccc(OC(C)(C)C(=O)O)cc1)c1nc2ccccc2o1. The van der Waals surface area contributed by atoms with E-state index in [1.165, 1.54) is 13.8 Å². The maximum absolute atomic E-state index is 12.5. The molecule has 8 nitrogen and oxygen atoms in total. The van der Waals surface area contributed by atoms with Crippen molar-refractivity contribution in [2.45, 2.75) is 39.0 Å². The summed E-state index contributed by atoms with van der Waals surface area (Å²) in [5.41, 5.74) is 0.778. The molecular weight excluding hydrogens is 388 g/mol. The van der Waals surface area contributed by atoms with Crippen LogP contribution in [0.3, 0.4) is 0 Å². The summed E-state index contributed by atoms with van der Waals surface area (Å²) in [6.07, 6.45) is 0. The number of rotatable bonds is 9. The van der Waals surface area contributed by atoms with E-state index in [9.17, 15) is 9.59 Å². The Morgan fingerprint density at radius 2 is 1.87 bits per heavy atom. The normalized spacial score (nSPS) is 12.5. The molecule has 0 radical (unpaired) electrons. The van der Waals surface area contributed by atoms with E-state index in [-0.39, 0.29) is 12.5 Å². The molecule has 2 aromatic carbocycles. The molecule has 0 saturated carbocycles. The minimum Gasteiger partial charge on any atom is -0.478 e. The van der Waals surface area contributed by atoms with Gasteiger partial charge in [0, 0.05) is 6.54 Å². The first-order valence-electron chi connectivity index (χ1n) is 9.57. The first-order valence-corrected chi connectivity index (χ1v) is 9.57. The number of ether oxygens (including phenoxy) is 2. The van der Waals surface area contributed by atoms with Crippen LogP contribution in [-0.2, 0) is 20.9 Å². The largest absolute Gasteiger partial charge is 0.478 e. The van der Waals surface area contributed by atoms with Crippen LogP contribution in [0.1, 0.15) is 38.3 Å². The number of hydrogen-bond donors (Lipinski definition) is 2. The van der Waals surface area contributed by atoms with Crippen molar-refractivity contribution in [1.29, 1.82) is 0 Å². The van der Waals surface area contributed by atoms with E-state index in [1.807, 2.05) is 18.2 Å². The molecule has 0 fully saturated rings. The van der Waals surface area contributed by atoms with Crippen molar-refractivity contribution in [3.63, 3.8) is 0 Å². The van der Waals surface area contributed by atoms with Gasteiger partial charge in [0.15, 0.2) is 17.2 Å².